The predicted octanol–water partition coefficient (Wildman–Crippen LogP) is 3.44. The van der Waals surface area contributed by atoms with Gasteiger partial charge in [-0.15, -0.1) is 0 Å². The number of carbonyl (C=O) groups excluding carboxylic acids is 1. The normalized spacial score (nSPS) is 10.2. The molecule has 3 heteroatoms. The second-order valence-corrected chi connectivity index (χ2v) is 4.65. The lowest BCUT2D eigenvalue weighted by molar-refractivity contribution is 0.0990. The van der Waals surface area contributed by atoms with Crippen LogP contribution in [0.4, 0.5) is 0 Å². The molecule has 2 aromatic rings. The van der Waals surface area contributed by atoms with Gasteiger partial charge in [-0.3, -0.25) is 4.79 Å². The van der Waals surface area contributed by atoms with Gasteiger partial charge in [0.2, 0.25) is 0 Å². The molecular weight excluding hydrogens is 252 g/mol. The first kappa shape index (κ1) is 14.1. The van der Waals surface area contributed by atoms with Crippen molar-refractivity contribution in [2.24, 2.45) is 0 Å². The minimum Gasteiger partial charge on any atom is -0.497 e. The van der Waals surface area contributed by atoms with E-state index in [9.17, 15) is 4.79 Å². The fourth-order valence-electron chi connectivity index (χ4n) is 2.06. The topological polar surface area (TPSA) is 35.5 Å². The molecule has 104 valence electrons. The van der Waals surface area contributed by atoms with Crippen molar-refractivity contribution in [3.63, 3.8) is 0 Å². The summed E-state index contributed by atoms with van der Waals surface area (Å²) in [5.41, 5.74) is 2.63. The van der Waals surface area contributed by atoms with Crippen LogP contribution < -0.4 is 9.47 Å². The highest BCUT2D eigenvalue weighted by Gasteiger charge is 2.13. The van der Waals surface area contributed by atoms with E-state index in [1.165, 1.54) is 0 Å². The SMILES string of the molecule is COc1ccc(CC(=O)c2cc(C)ccc2OC)cc1. The standard InChI is InChI=1S/C17H18O3/c1-12-4-9-17(20-3)15(10-12)16(18)11-13-5-7-14(19-2)8-6-13/h4-10H,11H2,1-3H3. The van der Waals surface area contributed by atoms with Gasteiger partial charge in [-0.05, 0) is 36.8 Å². The fraction of sp³-hybridized carbons (Fsp3) is 0.235. The van der Waals surface area contributed by atoms with Gasteiger partial charge in [-0.2, -0.15) is 0 Å². The monoisotopic (exact) mass is 270 g/mol. The molecule has 0 atom stereocenters. The summed E-state index contributed by atoms with van der Waals surface area (Å²) in [6.45, 7) is 1.96. The smallest absolute Gasteiger partial charge is 0.170 e. The number of methoxy groups -OCH3 is 2. The number of benzene rings is 2. The molecule has 0 radical (unpaired) electrons. The summed E-state index contributed by atoms with van der Waals surface area (Å²) in [5.74, 6) is 1.46. The maximum Gasteiger partial charge on any atom is 0.170 e. The van der Waals surface area contributed by atoms with Gasteiger partial charge in [-0.25, -0.2) is 0 Å². The van der Waals surface area contributed by atoms with Crippen LogP contribution in [0.1, 0.15) is 21.5 Å². The molecular formula is C17H18O3. The van der Waals surface area contributed by atoms with Crippen molar-refractivity contribution < 1.29 is 14.3 Å². The first-order valence-electron chi connectivity index (χ1n) is 6.45. The third-order valence-corrected chi connectivity index (χ3v) is 3.18. The molecule has 0 amide bonds. The summed E-state index contributed by atoms with van der Waals surface area (Å²) in [6, 6.07) is 13.1. The highest BCUT2D eigenvalue weighted by atomic mass is 16.5. The van der Waals surface area contributed by atoms with E-state index < -0.39 is 0 Å². The van der Waals surface area contributed by atoms with Crippen molar-refractivity contribution in [1.29, 1.82) is 0 Å². The van der Waals surface area contributed by atoms with Crippen molar-refractivity contribution in [1.82, 2.24) is 0 Å². The number of ether oxygens (including phenoxy) is 2. The number of ketones is 1. The van der Waals surface area contributed by atoms with Crippen LogP contribution in [0.5, 0.6) is 11.5 Å². The largest absolute Gasteiger partial charge is 0.497 e. The van der Waals surface area contributed by atoms with Gasteiger partial charge in [0.15, 0.2) is 5.78 Å². The van der Waals surface area contributed by atoms with Crippen LogP contribution in [0.3, 0.4) is 0 Å². The summed E-state index contributed by atoms with van der Waals surface area (Å²) in [6.07, 6.45) is 0.351. The zero-order valence-corrected chi connectivity index (χ0v) is 12.0. The first-order valence-corrected chi connectivity index (χ1v) is 6.45. The van der Waals surface area contributed by atoms with Gasteiger partial charge in [0.1, 0.15) is 11.5 Å². The molecule has 0 N–H and O–H groups in total. The Hall–Kier alpha value is -2.29. The number of hydrogen-bond acceptors (Lipinski definition) is 3. The van der Waals surface area contributed by atoms with Crippen LogP contribution in [0, 0.1) is 6.92 Å². The number of rotatable bonds is 5. The lowest BCUT2D eigenvalue weighted by Crippen LogP contribution is -2.06. The average molecular weight is 270 g/mol. The number of Topliss-reactive ketones (excluding diaryl/α,β-unsaturated/α-hetero) is 1. The van der Waals surface area contributed by atoms with Crippen LogP contribution in [0.15, 0.2) is 42.5 Å². The van der Waals surface area contributed by atoms with Crippen LogP contribution >= 0.6 is 0 Å². The van der Waals surface area contributed by atoms with Crippen molar-refractivity contribution in [3.8, 4) is 11.5 Å². The molecule has 0 aliphatic carbocycles. The fourth-order valence-corrected chi connectivity index (χ4v) is 2.06. The van der Waals surface area contributed by atoms with Crippen LogP contribution in [-0.2, 0) is 6.42 Å². The Balaban J connectivity index is 2.20. The third-order valence-electron chi connectivity index (χ3n) is 3.18. The Kier molecular flexibility index (Phi) is 4.41. The van der Waals surface area contributed by atoms with E-state index in [0.29, 0.717) is 17.7 Å². The molecule has 3 nitrogen and oxygen atoms in total. The zero-order chi connectivity index (χ0) is 14.5. The maximum absolute atomic E-state index is 12.4. The summed E-state index contributed by atoms with van der Waals surface area (Å²) in [5, 5.41) is 0. The highest BCUT2D eigenvalue weighted by Crippen LogP contribution is 2.22. The van der Waals surface area contributed by atoms with E-state index >= 15 is 0 Å². The van der Waals surface area contributed by atoms with Gasteiger partial charge in [-0.1, -0.05) is 23.8 Å². The molecule has 0 aliphatic heterocycles. The van der Waals surface area contributed by atoms with E-state index in [1.807, 2.05) is 49.4 Å². The van der Waals surface area contributed by atoms with Gasteiger partial charge < -0.3 is 9.47 Å². The molecule has 0 aromatic heterocycles. The molecule has 0 saturated carbocycles. The highest BCUT2D eigenvalue weighted by molar-refractivity contribution is 6.00. The summed E-state index contributed by atoms with van der Waals surface area (Å²) in [7, 11) is 3.20. The molecule has 0 saturated heterocycles. The Bertz CT molecular complexity index is 600. The van der Waals surface area contributed by atoms with Crippen molar-refractivity contribution >= 4 is 5.78 Å². The van der Waals surface area contributed by atoms with E-state index in [0.717, 1.165) is 16.9 Å². The summed E-state index contributed by atoms with van der Waals surface area (Å²) in [4.78, 5) is 12.4. The Labute approximate surface area is 119 Å². The van der Waals surface area contributed by atoms with E-state index in [-0.39, 0.29) is 5.78 Å². The zero-order valence-electron chi connectivity index (χ0n) is 12.0. The van der Waals surface area contributed by atoms with Crippen molar-refractivity contribution in [2.75, 3.05) is 14.2 Å². The Morgan fingerprint density at radius 1 is 1.00 bits per heavy atom. The first-order chi connectivity index (χ1) is 9.63. The minimum atomic E-state index is 0.0516. The predicted molar refractivity (Wildman–Crippen MR) is 78.8 cm³/mol. The molecule has 0 bridgehead atoms. The molecule has 0 fully saturated rings. The van der Waals surface area contributed by atoms with E-state index in [2.05, 4.69) is 0 Å². The summed E-state index contributed by atoms with van der Waals surface area (Å²) < 4.78 is 10.4. The van der Waals surface area contributed by atoms with Crippen LogP contribution in [0.2, 0.25) is 0 Å². The van der Waals surface area contributed by atoms with E-state index in [1.54, 1.807) is 14.2 Å². The van der Waals surface area contributed by atoms with Gasteiger partial charge in [0, 0.05) is 6.42 Å². The second-order valence-electron chi connectivity index (χ2n) is 4.65. The summed E-state index contributed by atoms with van der Waals surface area (Å²) >= 11 is 0. The lowest BCUT2D eigenvalue weighted by Gasteiger charge is -2.09. The number of aryl methyl sites for hydroxylation is 1. The quantitative estimate of drug-likeness (QED) is 0.781. The van der Waals surface area contributed by atoms with Gasteiger partial charge in [0.05, 0.1) is 19.8 Å². The molecule has 20 heavy (non-hydrogen) atoms. The van der Waals surface area contributed by atoms with Crippen molar-refractivity contribution in [3.05, 3.63) is 59.2 Å². The van der Waals surface area contributed by atoms with Crippen LogP contribution in [0.25, 0.3) is 0 Å². The number of carbonyl (C=O) groups is 1. The lowest BCUT2D eigenvalue weighted by atomic mass is 10.0. The van der Waals surface area contributed by atoms with Gasteiger partial charge >= 0.3 is 0 Å². The molecule has 0 heterocycles. The van der Waals surface area contributed by atoms with Gasteiger partial charge in [0.25, 0.3) is 0 Å². The Morgan fingerprint density at radius 2 is 1.70 bits per heavy atom. The maximum atomic E-state index is 12.4. The van der Waals surface area contributed by atoms with E-state index in [4.69, 9.17) is 9.47 Å². The third kappa shape index (κ3) is 3.18. The average Bonchev–Trinajstić information content (AvgIpc) is 2.48. The minimum absolute atomic E-state index is 0.0516. The van der Waals surface area contributed by atoms with Crippen LogP contribution in [-0.4, -0.2) is 20.0 Å². The molecule has 2 aromatic carbocycles. The molecule has 2 rings (SSSR count). The molecule has 0 spiro atoms. The molecule has 0 unspecified atom stereocenters. The molecule has 0 aliphatic rings. The number of hydrogen-bond donors (Lipinski definition) is 0. The Morgan fingerprint density at radius 3 is 2.30 bits per heavy atom. The van der Waals surface area contributed by atoms with Crippen molar-refractivity contribution in [2.45, 2.75) is 13.3 Å². The second kappa shape index (κ2) is 6.24.